The van der Waals surface area contributed by atoms with E-state index < -0.39 is 93.9 Å². The van der Waals surface area contributed by atoms with Crippen molar-refractivity contribution in [2.75, 3.05) is 60.4 Å². The third-order valence-corrected chi connectivity index (χ3v) is 26.7. The monoisotopic (exact) mass is 2020 g/mol. The summed E-state index contributed by atoms with van der Waals surface area (Å²) in [4.78, 5) is 68.8. The highest BCUT2D eigenvalue weighted by molar-refractivity contribution is 6.17. The van der Waals surface area contributed by atoms with Gasteiger partial charge in [-0.05, 0) is 327 Å². The number of benzene rings is 8. The van der Waals surface area contributed by atoms with Gasteiger partial charge < -0.3 is 48.5 Å². The summed E-state index contributed by atoms with van der Waals surface area (Å²) in [7, 11) is 2.61. The predicted octanol–water partition coefficient (Wildman–Crippen LogP) is 29.6. The lowest BCUT2D eigenvalue weighted by molar-refractivity contribution is -0.144. The van der Waals surface area contributed by atoms with Gasteiger partial charge in [0.25, 0.3) is 5.91 Å². The zero-order chi connectivity index (χ0) is 101. The molecular formula is C109H131Cl2F12N5O13. The molecule has 4 aliphatic carbocycles. The predicted molar refractivity (Wildman–Crippen MR) is 524 cm³/mol. The number of amides is 4. The first-order valence-electron chi connectivity index (χ1n) is 48.6. The van der Waals surface area contributed by atoms with Crippen molar-refractivity contribution >= 4 is 76.9 Å². The summed E-state index contributed by atoms with van der Waals surface area (Å²) in [5.74, 6) is 0.935. The number of aromatic hydroxyl groups is 1. The van der Waals surface area contributed by atoms with Crippen LogP contribution in [-0.4, -0.2) is 103 Å². The van der Waals surface area contributed by atoms with Gasteiger partial charge in [-0.1, -0.05) is 126 Å². The van der Waals surface area contributed by atoms with Gasteiger partial charge in [0.1, 0.15) is 65.7 Å². The Morgan fingerprint density at radius 2 is 0.723 bits per heavy atom. The first-order valence-corrected chi connectivity index (χ1v) is 49.2. The molecule has 141 heavy (non-hydrogen) atoms. The van der Waals surface area contributed by atoms with Crippen molar-refractivity contribution < 1.29 is 115 Å². The molecule has 4 aliphatic heterocycles. The van der Waals surface area contributed by atoms with E-state index in [4.69, 9.17) is 44.8 Å². The van der Waals surface area contributed by atoms with Crippen molar-refractivity contribution in [1.82, 2.24) is 4.90 Å². The van der Waals surface area contributed by atoms with Crippen LogP contribution in [0.5, 0.6) is 23.0 Å². The molecule has 4 heterocycles. The highest BCUT2D eigenvalue weighted by Crippen LogP contribution is 2.48. The number of phenols is 1. The van der Waals surface area contributed by atoms with Crippen LogP contribution in [0.25, 0.3) is 0 Å². The molecule has 0 unspecified atom stereocenters. The van der Waals surface area contributed by atoms with Crippen LogP contribution in [0.2, 0.25) is 0 Å². The molecule has 2 N–H and O–H groups in total. The minimum absolute atomic E-state index is 0. The number of methoxy groups -OCH3 is 1. The Morgan fingerprint density at radius 1 is 0.404 bits per heavy atom. The van der Waals surface area contributed by atoms with Crippen LogP contribution in [0.1, 0.15) is 310 Å². The molecule has 0 spiro atoms. The third-order valence-electron chi connectivity index (χ3n) is 26.4. The Morgan fingerprint density at radius 3 is 1.07 bits per heavy atom. The van der Waals surface area contributed by atoms with Gasteiger partial charge >= 0.3 is 49.0 Å². The van der Waals surface area contributed by atoms with Crippen LogP contribution < -0.4 is 34.2 Å². The van der Waals surface area contributed by atoms with Crippen LogP contribution in [0.15, 0.2) is 146 Å². The molecule has 32 heteroatoms. The summed E-state index contributed by atoms with van der Waals surface area (Å²) >= 11 is 5.62. The number of carbonyl (C=O) groups is 5. The van der Waals surface area contributed by atoms with Gasteiger partial charge in [0, 0.05) is 50.5 Å². The second-order valence-electron chi connectivity index (χ2n) is 40.3. The summed E-state index contributed by atoms with van der Waals surface area (Å²) in [6.45, 7) is 18.6. The van der Waals surface area contributed by atoms with Crippen LogP contribution in [0, 0.1) is 0 Å². The number of likely N-dealkylation sites (N-methyl/N-ethyl adjacent to an activating group) is 1. The van der Waals surface area contributed by atoms with Gasteiger partial charge in [-0.3, -0.25) is 24.3 Å². The van der Waals surface area contributed by atoms with E-state index in [9.17, 15) is 81.8 Å². The van der Waals surface area contributed by atoms with Crippen molar-refractivity contribution in [2.24, 2.45) is 0 Å². The highest BCUT2D eigenvalue weighted by Gasteiger charge is 2.43. The van der Waals surface area contributed by atoms with E-state index in [-0.39, 0.29) is 80.0 Å². The standard InChI is InChI=1S/C33H41F3N2O6.C27H32F3NO3.C22H24F3NO.C14H16ClF3.C13H17NO3.ClH/c1-32(2,3)44-31(41)37(4)28(19-29(39)42-5)30(40)38-16-15-23-18-24(12-14-27(23)38)43-20-21-11-13-25(22-9-7-6-8-10-22)26(17-21)33(34,35)36;1-26(2,3)34-25(32)31-14-13-20-16-21(10-12-24(20)31)33-17-18-9-11-22(19-7-5-4-6-8-19)23(15-18)27(28,29)30;23-22(24,25)20-12-15(6-8-19(20)16-4-2-1-3-5-16)14-27-18-7-9-21-17(13-18)10-11-26-21;15-9-10-6-7-12(11-4-2-1-3-5-11)13(8-10)14(16,17)18;1-13(2,3)17-12(16)14-7-6-9-8-10(15)4-5-11(9)14;/h11-14,17-18,22,28H,6-10,15-16,19-20H2,1-5H3;9-12,15-16,19H,4-8,13-14,17H2,1-3H3;6-9,12-13,16,26H,1-5,10-11,14H2;6-8,11H,1-5,9H2;4-5,8,15H,6-7H2,1-3H3;1H/t28-;;;;;/m1...../s1. The zero-order valence-electron chi connectivity index (χ0n) is 82.0. The van der Waals surface area contributed by atoms with Gasteiger partial charge in [0.2, 0.25) is 0 Å². The minimum atomic E-state index is -4.45. The fourth-order valence-electron chi connectivity index (χ4n) is 19.5. The SMILES string of the molecule is CC(C)(C)OC(=O)N1CCc2cc(O)ccc21.CC(C)(C)OC(=O)N1CCc2cc(OCc3ccc(C4CCCCC4)c(C(F)(F)F)c3)ccc21.COC(=O)C[C@H](C(=O)N1CCc2cc(OCc3ccc(C4CCCCC4)c(C(F)(F)F)c3)ccc21)N(C)C(=O)OC(C)(C)C.Cl.FC(F)(F)c1cc(CCl)ccc1C1CCCCC1.FC(F)(F)c1cc(COc2ccc3c(c2)CCN3)ccc1C1CCCCC1. The third kappa shape index (κ3) is 30.9. The van der Waals surface area contributed by atoms with Crippen molar-refractivity contribution in [3.8, 4) is 23.0 Å². The van der Waals surface area contributed by atoms with Gasteiger partial charge in [0.05, 0.1) is 47.2 Å². The van der Waals surface area contributed by atoms with Crippen LogP contribution in [-0.2, 0) is 105 Å². The fraction of sp³-hybridized carbons (Fsp3) is 0.514. The molecule has 4 fully saturated rings. The topological polar surface area (TPSA) is 195 Å². The first-order chi connectivity index (χ1) is 66.1. The van der Waals surface area contributed by atoms with E-state index in [2.05, 4.69) is 5.32 Å². The number of hydrogen-bond acceptors (Lipinski definition) is 14. The lowest BCUT2D eigenvalue weighted by Crippen LogP contribution is -2.51. The second kappa shape index (κ2) is 48.1. The van der Waals surface area contributed by atoms with Crippen molar-refractivity contribution in [2.45, 2.75) is 320 Å². The van der Waals surface area contributed by atoms with E-state index in [1.165, 1.54) is 48.9 Å². The van der Waals surface area contributed by atoms with Crippen molar-refractivity contribution in [1.29, 1.82) is 0 Å². The number of halogens is 14. The highest BCUT2D eigenvalue weighted by atomic mass is 35.5. The maximum Gasteiger partial charge on any atom is 0.416 e. The molecule has 16 rings (SSSR count). The molecule has 8 aliphatic rings. The van der Waals surface area contributed by atoms with Gasteiger partial charge in [0.15, 0.2) is 0 Å². The number of ether oxygens (including phenoxy) is 7. The summed E-state index contributed by atoms with van der Waals surface area (Å²) in [6, 6.07) is 38.6. The van der Waals surface area contributed by atoms with E-state index in [0.717, 1.165) is 186 Å². The Kier molecular flexibility index (Phi) is 37.7. The summed E-state index contributed by atoms with van der Waals surface area (Å²) in [5, 5.41) is 12.7. The van der Waals surface area contributed by atoms with Gasteiger partial charge in [-0.25, -0.2) is 14.4 Å². The number of phenolic OH excluding ortho intramolecular Hbond substituents is 1. The zero-order valence-corrected chi connectivity index (χ0v) is 83.6. The molecule has 0 saturated heterocycles. The Balaban J connectivity index is 0.000000175. The maximum atomic E-state index is 14.0. The number of nitrogens with one attached hydrogen (secondary N) is 1. The molecule has 1 atom stereocenters. The Bertz CT molecular complexity index is 5590. The number of fused-ring (bicyclic) bond motifs is 4. The molecule has 8 aromatic rings. The normalized spacial score (nSPS) is 16.6. The number of alkyl halides is 13. The second-order valence-corrected chi connectivity index (χ2v) is 40.6. The summed E-state index contributed by atoms with van der Waals surface area (Å²) in [6.07, 6.45) is 2.55. The fourth-order valence-corrected chi connectivity index (χ4v) is 19.7. The Hall–Kier alpha value is -10.8. The van der Waals surface area contributed by atoms with Crippen molar-refractivity contribution in [3.05, 3.63) is 235 Å². The van der Waals surface area contributed by atoms with Crippen LogP contribution in [0.3, 0.4) is 0 Å². The smallest absolute Gasteiger partial charge is 0.416 e. The quantitative estimate of drug-likeness (QED) is 0.0356. The first kappa shape index (κ1) is 111. The average Bonchev–Trinajstić information content (AvgIpc) is 1.77. The van der Waals surface area contributed by atoms with Crippen LogP contribution in [0.4, 0.5) is 89.8 Å². The van der Waals surface area contributed by atoms with Crippen molar-refractivity contribution in [3.63, 3.8) is 0 Å². The van der Waals surface area contributed by atoms with Crippen LogP contribution >= 0.6 is 24.0 Å². The maximum absolute atomic E-state index is 14.0. The Labute approximate surface area is 829 Å². The molecule has 0 bridgehead atoms. The number of esters is 1. The molecule has 0 radical (unpaired) electrons. The van der Waals surface area contributed by atoms with E-state index in [0.29, 0.717) is 99.9 Å². The molecule has 8 aromatic carbocycles. The minimum Gasteiger partial charge on any atom is -0.508 e. The lowest BCUT2D eigenvalue weighted by Gasteiger charge is -2.32. The van der Waals surface area contributed by atoms with Gasteiger partial charge in [-0.2, -0.15) is 52.7 Å². The lowest BCUT2D eigenvalue weighted by atomic mass is 9.81. The molecule has 768 valence electrons. The number of carbonyl (C=O) groups excluding carboxylic acids is 5. The number of nitrogens with zero attached hydrogens (tertiary/aromatic N) is 4. The molecule has 0 aromatic heterocycles. The number of rotatable bonds is 18. The molecule has 4 amide bonds. The summed E-state index contributed by atoms with van der Waals surface area (Å²) in [5.41, 5.74) is 6.95. The van der Waals surface area contributed by atoms with E-state index in [1.54, 1.807) is 128 Å². The largest absolute Gasteiger partial charge is 0.508 e. The molecule has 4 saturated carbocycles. The van der Waals surface area contributed by atoms with E-state index in [1.807, 2.05) is 65.8 Å². The van der Waals surface area contributed by atoms with Gasteiger partial charge in [-0.15, -0.1) is 24.0 Å². The number of hydrogen-bond donors (Lipinski definition) is 2. The molecule has 18 nitrogen and oxygen atoms in total. The summed E-state index contributed by atoms with van der Waals surface area (Å²) < 4.78 is 202. The van der Waals surface area contributed by atoms with E-state index >= 15 is 0 Å². The number of anilines is 4. The molecular weight excluding hydrogens is 1890 g/mol. The average molecular weight is 2020 g/mol.